The van der Waals surface area contributed by atoms with Crippen LogP contribution in [0.25, 0.3) is 5.57 Å². The number of allylic oxidation sites excluding steroid dienone is 3. The van der Waals surface area contributed by atoms with Crippen molar-refractivity contribution in [1.29, 1.82) is 0 Å². The third kappa shape index (κ3) is 2.32. The molecule has 4 nitrogen and oxygen atoms in total. The Morgan fingerprint density at radius 1 is 1.71 bits per heavy atom. The van der Waals surface area contributed by atoms with Gasteiger partial charge in [0.2, 0.25) is 0 Å². The first-order chi connectivity index (χ1) is 6.65. The SMILES string of the molecule is C=N/C=C\C=C(/C)c1cc(N)n(C)n1. The van der Waals surface area contributed by atoms with E-state index >= 15 is 0 Å². The summed E-state index contributed by atoms with van der Waals surface area (Å²) in [4.78, 5) is 3.60. The van der Waals surface area contributed by atoms with Gasteiger partial charge in [-0.2, -0.15) is 5.10 Å². The number of nitrogens with zero attached hydrogens (tertiary/aromatic N) is 3. The first-order valence-electron chi connectivity index (χ1n) is 4.24. The smallest absolute Gasteiger partial charge is 0.121 e. The molecule has 0 spiro atoms. The Balaban J connectivity index is 2.88. The molecular formula is C10H14N4. The van der Waals surface area contributed by atoms with E-state index in [1.807, 2.05) is 32.2 Å². The topological polar surface area (TPSA) is 56.2 Å². The van der Waals surface area contributed by atoms with Crippen LogP contribution in [-0.4, -0.2) is 16.5 Å². The zero-order valence-electron chi connectivity index (χ0n) is 8.44. The molecule has 0 amide bonds. The summed E-state index contributed by atoms with van der Waals surface area (Å²) in [6.07, 6.45) is 5.35. The fourth-order valence-electron chi connectivity index (χ4n) is 1.01. The maximum atomic E-state index is 5.66. The summed E-state index contributed by atoms with van der Waals surface area (Å²) in [5.74, 6) is 0.651. The Morgan fingerprint density at radius 2 is 2.43 bits per heavy atom. The zero-order chi connectivity index (χ0) is 10.6. The van der Waals surface area contributed by atoms with Gasteiger partial charge >= 0.3 is 0 Å². The van der Waals surface area contributed by atoms with Gasteiger partial charge in [0.05, 0.1) is 5.69 Å². The molecule has 0 aliphatic rings. The van der Waals surface area contributed by atoms with Crippen molar-refractivity contribution in [1.82, 2.24) is 9.78 Å². The van der Waals surface area contributed by atoms with Gasteiger partial charge in [-0.1, -0.05) is 6.08 Å². The standard InChI is InChI=1S/C10H14N4/c1-8(5-4-6-12-2)9-7-10(11)14(3)13-9/h4-7H,2,11H2,1,3H3/b6-4-,8-5+. The molecule has 0 aliphatic carbocycles. The number of nitrogens with two attached hydrogens (primary N) is 1. The van der Waals surface area contributed by atoms with Crippen molar-refractivity contribution < 1.29 is 0 Å². The molecule has 0 atom stereocenters. The highest BCUT2D eigenvalue weighted by Gasteiger charge is 2.01. The summed E-state index contributed by atoms with van der Waals surface area (Å²) < 4.78 is 1.64. The maximum Gasteiger partial charge on any atom is 0.121 e. The highest BCUT2D eigenvalue weighted by molar-refractivity contribution is 5.64. The lowest BCUT2D eigenvalue weighted by molar-refractivity contribution is 0.774. The van der Waals surface area contributed by atoms with Gasteiger partial charge in [0, 0.05) is 19.3 Å². The summed E-state index contributed by atoms with van der Waals surface area (Å²) >= 11 is 0. The van der Waals surface area contributed by atoms with Gasteiger partial charge in [-0.25, -0.2) is 0 Å². The van der Waals surface area contributed by atoms with E-state index in [-0.39, 0.29) is 0 Å². The van der Waals surface area contributed by atoms with Crippen LogP contribution in [0.3, 0.4) is 0 Å². The summed E-state index contributed by atoms with van der Waals surface area (Å²) in [5.41, 5.74) is 7.57. The molecule has 0 aliphatic heterocycles. The van der Waals surface area contributed by atoms with Crippen molar-refractivity contribution in [2.45, 2.75) is 6.92 Å². The van der Waals surface area contributed by atoms with Gasteiger partial charge in [-0.15, -0.1) is 0 Å². The van der Waals surface area contributed by atoms with Gasteiger partial charge in [0.15, 0.2) is 0 Å². The molecule has 4 heteroatoms. The van der Waals surface area contributed by atoms with E-state index in [9.17, 15) is 0 Å². The van der Waals surface area contributed by atoms with Crippen LogP contribution in [0.5, 0.6) is 0 Å². The van der Waals surface area contributed by atoms with Crippen LogP contribution < -0.4 is 5.73 Å². The molecule has 0 unspecified atom stereocenters. The second-order valence-electron chi connectivity index (χ2n) is 2.95. The Labute approximate surface area is 83.4 Å². The average molecular weight is 190 g/mol. The van der Waals surface area contributed by atoms with Crippen LogP contribution in [0.2, 0.25) is 0 Å². The summed E-state index contributed by atoms with van der Waals surface area (Å²) in [5, 5.41) is 4.23. The number of anilines is 1. The normalized spacial score (nSPS) is 12.3. The van der Waals surface area contributed by atoms with E-state index in [4.69, 9.17) is 5.73 Å². The minimum absolute atomic E-state index is 0.651. The summed E-state index contributed by atoms with van der Waals surface area (Å²) in [7, 11) is 1.81. The molecule has 74 valence electrons. The maximum absolute atomic E-state index is 5.66. The number of aromatic nitrogens is 2. The second-order valence-corrected chi connectivity index (χ2v) is 2.95. The lowest BCUT2D eigenvalue weighted by atomic mass is 10.2. The average Bonchev–Trinajstić information content (AvgIpc) is 2.47. The largest absolute Gasteiger partial charge is 0.384 e. The van der Waals surface area contributed by atoms with Crippen molar-refractivity contribution in [3.05, 3.63) is 30.1 Å². The Morgan fingerprint density at radius 3 is 2.93 bits per heavy atom. The van der Waals surface area contributed by atoms with Gasteiger partial charge in [0.25, 0.3) is 0 Å². The molecule has 0 fully saturated rings. The van der Waals surface area contributed by atoms with E-state index in [1.54, 1.807) is 10.9 Å². The van der Waals surface area contributed by atoms with E-state index in [1.165, 1.54) is 0 Å². The lowest BCUT2D eigenvalue weighted by Gasteiger charge is -1.92. The summed E-state index contributed by atoms with van der Waals surface area (Å²) in [6.45, 7) is 5.31. The predicted octanol–water partition coefficient (Wildman–Crippen LogP) is 1.62. The van der Waals surface area contributed by atoms with Crippen molar-refractivity contribution in [3.63, 3.8) is 0 Å². The van der Waals surface area contributed by atoms with Crippen LogP contribution in [0.4, 0.5) is 5.82 Å². The quantitative estimate of drug-likeness (QED) is 0.581. The van der Waals surface area contributed by atoms with Crippen LogP contribution in [0.1, 0.15) is 12.6 Å². The molecule has 0 aromatic carbocycles. The van der Waals surface area contributed by atoms with Crippen LogP contribution in [-0.2, 0) is 7.05 Å². The molecule has 2 N–H and O–H groups in total. The number of aliphatic imine (C=N–C) groups is 1. The number of hydrogen-bond acceptors (Lipinski definition) is 3. The van der Waals surface area contributed by atoms with Crippen LogP contribution in [0.15, 0.2) is 29.4 Å². The third-order valence-corrected chi connectivity index (χ3v) is 1.86. The number of nitrogen functional groups attached to an aromatic ring is 1. The highest BCUT2D eigenvalue weighted by Crippen LogP contribution is 2.14. The van der Waals surface area contributed by atoms with Crippen molar-refractivity contribution in [3.8, 4) is 0 Å². The predicted molar refractivity (Wildman–Crippen MR) is 60.0 cm³/mol. The third-order valence-electron chi connectivity index (χ3n) is 1.86. The Kier molecular flexibility index (Phi) is 3.23. The number of hydrogen-bond donors (Lipinski definition) is 1. The lowest BCUT2D eigenvalue weighted by Crippen LogP contribution is -1.96. The Bertz CT molecular complexity index is 365. The molecule has 1 heterocycles. The van der Waals surface area contributed by atoms with E-state index in [0.29, 0.717) is 5.82 Å². The van der Waals surface area contributed by atoms with Crippen molar-refractivity contribution in [2.24, 2.45) is 12.0 Å². The van der Waals surface area contributed by atoms with Crippen LogP contribution >= 0.6 is 0 Å². The molecule has 0 saturated carbocycles. The molecule has 1 aromatic heterocycles. The highest BCUT2D eigenvalue weighted by atomic mass is 15.3. The molecule has 14 heavy (non-hydrogen) atoms. The monoisotopic (exact) mass is 190 g/mol. The zero-order valence-corrected chi connectivity index (χ0v) is 8.44. The molecule has 0 saturated heterocycles. The van der Waals surface area contributed by atoms with Gasteiger partial charge in [0.1, 0.15) is 5.82 Å². The molecule has 0 radical (unpaired) electrons. The van der Waals surface area contributed by atoms with E-state index < -0.39 is 0 Å². The fraction of sp³-hybridized carbons (Fsp3) is 0.200. The van der Waals surface area contributed by atoms with Gasteiger partial charge < -0.3 is 5.73 Å². The summed E-state index contributed by atoms with van der Waals surface area (Å²) in [6, 6.07) is 1.83. The molecule has 1 rings (SSSR count). The Hall–Kier alpha value is -1.84. The fourth-order valence-corrected chi connectivity index (χ4v) is 1.01. The van der Waals surface area contributed by atoms with Crippen LogP contribution in [0, 0.1) is 0 Å². The number of aryl methyl sites for hydroxylation is 1. The number of rotatable bonds is 3. The first kappa shape index (κ1) is 10.2. The minimum atomic E-state index is 0.651. The van der Waals surface area contributed by atoms with Crippen molar-refractivity contribution in [2.75, 3.05) is 5.73 Å². The first-order valence-corrected chi connectivity index (χ1v) is 4.24. The minimum Gasteiger partial charge on any atom is -0.384 e. The van der Waals surface area contributed by atoms with E-state index in [2.05, 4.69) is 16.8 Å². The molecular weight excluding hydrogens is 176 g/mol. The van der Waals surface area contributed by atoms with Gasteiger partial charge in [-0.05, 0) is 25.3 Å². The van der Waals surface area contributed by atoms with Crippen molar-refractivity contribution >= 4 is 18.1 Å². The second kappa shape index (κ2) is 4.41. The molecule has 1 aromatic rings. The molecule has 0 bridgehead atoms. The van der Waals surface area contributed by atoms with E-state index in [0.717, 1.165) is 11.3 Å². The van der Waals surface area contributed by atoms with Gasteiger partial charge in [-0.3, -0.25) is 9.67 Å².